The third kappa shape index (κ3) is 3.01. The zero-order valence-corrected chi connectivity index (χ0v) is 10.5. The topological polar surface area (TPSA) is 66.6 Å². The third-order valence-corrected chi connectivity index (χ3v) is 2.78. The highest BCUT2D eigenvalue weighted by Crippen LogP contribution is 2.22. The van der Waals surface area contributed by atoms with Gasteiger partial charge in [0.05, 0.1) is 5.71 Å². The van der Waals surface area contributed by atoms with Gasteiger partial charge in [0.25, 0.3) is 0 Å². The van der Waals surface area contributed by atoms with Gasteiger partial charge in [-0.3, -0.25) is 0 Å². The Kier molecular flexibility index (Phi) is 3.13. The largest absolute Gasteiger partial charge is 0.444 e. The predicted molar refractivity (Wildman–Crippen MR) is 63.1 cm³/mol. The van der Waals surface area contributed by atoms with E-state index in [4.69, 9.17) is 4.74 Å². The lowest BCUT2D eigenvalue weighted by molar-refractivity contribution is 0.0292. The maximum atomic E-state index is 11.8. The predicted octanol–water partition coefficient (Wildman–Crippen LogP) is 2.07. The molecule has 2 aliphatic heterocycles. The van der Waals surface area contributed by atoms with Crippen molar-refractivity contribution in [3.05, 3.63) is 0 Å². The number of hydrogen-bond donors (Lipinski definition) is 0. The second kappa shape index (κ2) is 4.43. The van der Waals surface area contributed by atoms with Crippen LogP contribution in [0.4, 0.5) is 4.79 Å². The number of carbonyl (C=O) groups excluding carboxylic acids is 1. The molecule has 1 fully saturated rings. The minimum atomic E-state index is -0.440. The number of hydrogen-bond acceptors (Lipinski definition) is 5. The molecule has 0 aliphatic carbocycles. The van der Waals surface area contributed by atoms with Crippen LogP contribution in [0.2, 0.25) is 0 Å². The second-order valence-corrected chi connectivity index (χ2v) is 5.39. The van der Waals surface area contributed by atoms with E-state index in [0.29, 0.717) is 13.1 Å². The number of ether oxygens (including phenoxy) is 1. The van der Waals surface area contributed by atoms with Crippen molar-refractivity contribution in [2.45, 2.75) is 32.8 Å². The monoisotopic (exact) mass is 238 g/mol. The summed E-state index contributed by atoms with van der Waals surface area (Å²) in [6.07, 6.45) is 0.677. The summed E-state index contributed by atoms with van der Waals surface area (Å²) < 4.78 is 5.33. The summed E-state index contributed by atoms with van der Waals surface area (Å²) in [5.74, 6) is 0.289. The first kappa shape index (κ1) is 12.0. The van der Waals surface area contributed by atoms with Gasteiger partial charge in [0.2, 0.25) is 0 Å². The lowest BCUT2D eigenvalue weighted by Gasteiger charge is -2.24. The van der Waals surface area contributed by atoms with Crippen molar-refractivity contribution in [1.29, 1.82) is 0 Å². The molecule has 0 aromatic carbocycles. The molecule has 0 N–H and O–H groups in total. The van der Waals surface area contributed by atoms with Crippen LogP contribution in [0, 0.1) is 5.92 Å². The molecule has 0 aromatic rings. The number of carbonyl (C=O) groups is 1. The molecule has 1 atom stereocenters. The van der Waals surface area contributed by atoms with Gasteiger partial charge in [0.1, 0.15) is 12.1 Å². The maximum absolute atomic E-state index is 11.8. The summed E-state index contributed by atoms with van der Waals surface area (Å²) in [6.45, 7) is 7.58. The maximum Gasteiger partial charge on any atom is 0.410 e. The van der Waals surface area contributed by atoms with E-state index in [9.17, 15) is 4.79 Å². The average molecular weight is 238 g/mol. The molecule has 0 saturated carbocycles. The van der Waals surface area contributed by atoms with Crippen molar-refractivity contribution < 1.29 is 9.53 Å². The molecule has 0 bridgehead atoms. The average Bonchev–Trinajstić information content (AvgIpc) is 2.86. The van der Waals surface area contributed by atoms with Crippen LogP contribution in [-0.4, -0.2) is 41.9 Å². The first-order valence-electron chi connectivity index (χ1n) is 5.87. The number of rotatable bonds is 1. The van der Waals surface area contributed by atoms with Gasteiger partial charge in [0, 0.05) is 19.0 Å². The van der Waals surface area contributed by atoms with E-state index < -0.39 is 5.60 Å². The van der Waals surface area contributed by atoms with Gasteiger partial charge in [-0.2, -0.15) is 5.11 Å². The summed E-state index contributed by atoms with van der Waals surface area (Å²) >= 11 is 0. The Morgan fingerprint density at radius 2 is 2.24 bits per heavy atom. The second-order valence-electron chi connectivity index (χ2n) is 5.39. The van der Waals surface area contributed by atoms with Crippen LogP contribution in [0.25, 0.3) is 0 Å². The van der Waals surface area contributed by atoms with E-state index in [1.807, 2.05) is 20.8 Å². The van der Waals surface area contributed by atoms with Crippen LogP contribution in [0.15, 0.2) is 15.4 Å². The van der Waals surface area contributed by atoms with Crippen molar-refractivity contribution in [3.8, 4) is 0 Å². The fourth-order valence-corrected chi connectivity index (χ4v) is 1.96. The lowest BCUT2D eigenvalue weighted by Crippen LogP contribution is -2.36. The molecule has 1 unspecified atom stereocenters. The standard InChI is InChI=1S/C11H18N4O2/c1-11(2,3)17-10(16)15-5-4-8(7-15)9-6-12-14-13-9/h8H,4-7H2,1-3H3. The Labute approximate surface area is 101 Å². The van der Waals surface area contributed by atoms with Gasteiger partial charge in [0.15, 0.2) is 0 Å². The number of likely N-dealkylation sites (tertiary alicyclic amines) is 1. The van der Waals surface area contributed by atoms with Crippen LogP contribution in [0.5, 0.6) is 0 Å². The molecule has 94 valence electrons. The van der Waals surface area contributed by atoms with Gasteiger partial charge >= 0.3 is 6.09 Å². The number of nitrogens with zero attached hydrogens (tertiary/aromatic N) is 4. The SMILES string of the molecule is CC(C)(C)OC(=O)N1CCC(C2=NN=NC2)C1. The van der Waals surface area contributed by atoms with Crippen molar-refractivity contribution in [2.24, 2.45) is 21.4 Å². The van der Waals surface area contributed by atoms with E-state index >= 15 is 0 Å². The molecule has 17 heavy (non-hydrogen) atoms. The minimum Gasteiger partial charge on any atom is -0.444 e. The van der Waals surface area contributed by atoms with Gasteiger partial charge in [-0.05, 0) is 32.4 Å². The molecule has 0 aromatic heterocycles. The third-order valence-electron chi connectivity index (χ3n) is 2.78. The smallest absolute Gasteiger partial charge is 0.410 e. The van der Waals surface area contributed by atoms with Gasteiger partial charge in [-0.1, -0.05) is 0 Å². The minimum absolute atomic E-state index is 0.243. The Hall–Kier alpha value is -1.46. The summed E-state index contributed by atoms with van der Waals surface area (Å²) in [7, 11) is 0. The Bertz CT molecular complexity index is 370. The Balaban J connectivity index is 1.87. The van der Waals surface area contributed by atoms with Crippen molar-refractivity contribution in [3.63, 3.8) is 0 Å². The first-order valence-corrected chi connectivity index (χ1v) is 5.87. The Morgan fingerprint density at radius 3 is 2.82 bits per heavy atom. The zero-order valence-electron chi connectivity index (χ0n) is 10.5. The van der Waals surface area contributed by atoms with E-state index in [-0.39, 0.29) is 12.0 Å². The molecular formula is C11H18N4O2. The zero-order chi connectivity index (χ0) is 12.5. The molecule has 2 heterocycles. The normalized spacial score (nSPS) is 24.1. The van der Waals surface area contributed by atoms with Crippen LogP contribution in [0.1, 0.15) is 27.2 Å². The van der Waals surface area contributed by atoms with Crippen LogP contribution in [-0.2, 0) is 4.74 Å². The van der Waals surface area contributed by atoms with Gasteiger partial charge in [-0.15, -0.1) is 5.10 Å². The lowest BCUT2D eigenvalue weighted by atomic mass is 10.0. The quantitative estimate of drug-likeness (QED) is 0.701. The molecule has 2 rings (SSSR count). The van der Waals surface area contributed by atoms with Crippen LogP contribution >= 0.6 is 0 Å². The molecule has 2 aliphatic rings. The Morgan fingerprint density at radius 1 is 1.47 bits per heavy atom. The first-order chi connectivity index (χ1) is 7.96. The van der Waals surface area contributed by atoms with E-state index in [1.54, 1.807) is 4.90 Å². The molecular weight excluding hydrogens is 220 g/mol. The van der Waals surface area contributed by atoms with Gasteiger partial charge < -0.3 is 9.64 Å². The van der Waals surface area contributed by atoms with Crippen molar-refractivity contribution in [2.75, 3.05) is 19.6 Å². The van der Waals surface area contributed by atoms with Gasteiger partial charge in [-0.25, -0.2) is 4.79 Å². The van der Waals surface area contributed by atoms with E-state index in [2.05, 4.69) is 15.4 Å². The summed E-state index contributed by atoms with van der Waals surface area (Å²) in [5, 5.41) is 11.4. The molecule has 0 radical (unpaired) electrons. The molecule has 1 saturated heterocycles. The van der Waals surface area contributed by atoms with Crippen LogP contribution in [0.3, 0.4) is 0 Å². The fourth-order valence-electron chi connectivity index (χ4n) is 1.96. The highest BCUT2D eigenvalue weighted by Gasteiger charge is 2.32. The van der Waals surface area contributed by atoms with Crippen molar-refractivity contribution in [1.82, 2.24) is 4.90 Å². The highest BCUT2D eigenvalue weighted by molar-refractivity contribution is 5.90. The van der Waals surface area contributed by atoms with Crippen molar-refractivity contribution >= 4 is 11.8 Å². The molecule has 6 nitrogen and oxygen atoms in total. The molecule has 0 spiro atoms. The molecule has 6 heteroatoms. The summed E-state index contributed by atoms with van der Waals surface area (Å²) in [5.41, 5.74) is 0.543. The summed E-state index contributed by atoms with van der Waals surface area (Å²) in [6, 6.07) is 0. The number of amides is 1. The summed E-state index contributed by atoms with van der Waals surface area (Å²) in [4.78, 5) is 13.6. The van der Waals surface area contributed by atoms with E-state index in [1.165, 1.54) is 0 Å². The molecule has 1 amide bonds. The van der Waals surface area contributed by atoms with Crippen LogP contribution < -0.4 is 0 Å². The van der Waals surface area contributed by atoms with E-state index in [0.717, 1.165) is 18.7 Å². The fraction of sp³-hybridized carbons (Fsp3) is 0.818. The highest BCUT2D eigenvalue weighted by atomic mass is 16.6.